The molecule has 0 aromatic rings. The van der Waals surface area contributed by atoms with Crippen LogP contribution in [0.25, 0.3) is 0 Å². The molecule has 106 valence electrons. The molecule has 0 rings (SSSR count). The second-order valence-electron chi connectivity index (χ2n) is 3.97. The van der Waals surface area contributed by atoms with E-state index < -0.39 is 11.0 Å². The van der Waals surface area contributed by atoms with Crippen LogP contribution in [0.3, 0.4) is 0 Å². The number of thiol groups is 1. The third kappa shape index (κ3) is 31.3. The normalized spacial score (nSPS) is 10.1. The predicted molar refractivity (Wildman–Crippen MR) is 72.0 cm³/mol. The van der Waals surface area contributed by atoms with Crippen molar-refractivity contribution in [1.29, 1.82) is 0 Å². The molecule has 0 saturated carbocycles. The second-order valence-corrected chi connectivity index (χ2v) is 4.45. The lowest BCUT2D eigenvalue weighted by molar-refractivity contribution is 0.126. The Kier molecular flexibility index (Phi) is 20.6. The van der Waals surface area contributed by atoms with E-state index in [1.54, 1.807) is 0 Å². The van der Waals surface area contributed by atoms with Gasteiger partial charge in [0, 0.05) is 13.2 Å². The zero-order valence-corrected chi connectivity index (χ0v) is 12.1. The highest BCUT2D eigenvalue weighted by atomic mass is 32.2. The molecule has 4 nitrogen and oxygen atoms in total. The Bertz CT molecular complexity index is 175. The Hall–Kier alpha value is -0.130. The van der Waals surface area contributed by atoms with E-state index in [0.29, 0.717) is 0 Å². The minimum Gasteiger partial charge on any atom is -0.381 e. The van der Waals surface area contributed by atoms with Gasteiger partial charge in [-0.25, -0.2) is 8.42 Å². The molecule has 0 aromatic carbocycles. The van der Waals surface area contributed by atoms with Gasteiger partial charge in [-0.1, -0.05) is 52.4 Å². The van der Waals surface area contributed by atoms with Crippen LogP contribution in [0.2, 0.25) is 0 Å². The van der Waals surface area contributed by atoms with E-state index in [4.69, 9.17) is 17.7 Å². The van der Waals surface area contributed by atoms with Crippen molar-refractivity contribution < 1.29 is 17.7 Å². The maximum atomic E-state index is 8.59. The van der Waals surface area contributed by atoms with Crippen LogP contribution < -0.4 is 0 Å². The first kappa shape index (κ1) is 19.2. The fourth-order valence-corrected chi connectivity index (χ4v) is 1.36. The van der Waals surface area contributed by atoms with Gasteiger partial charge < -0.3 is 4.74 Å². The number of hydrogen-bond acceptors (Lipinski definition) is 3. The van der Waals surface area contributed by atoms with Gasteiger partial charge in [-0.2, -0.15) is 0 Å². The highest BCUT2D eigenvalue weighted by Crippen LogP contribution is 2.01. The van der Waals surface area contributed by atoms with Crippen molar-refractivity contribution in [3.63, 3.8) is 0 Å². The molecule has 0 unspecified atom stereocenters. The van der Waals surface area contributed by atoms with Crippen LogP contribution in [-0.2, 0) is 15.7 Å². The zero-order valence-electron chi connectivity index (χ0n) is 11.2. The van der Waals surface area contributed by atoms with Gasteiger partial charge in [0.25, 0.3) is 11.0 Å². The van der Waals surface area contributed by atoms with Crippen molar-refractivity contribution in [1.82, 2.24) is 0 Å². The van der Waals surface area contributed by atoms with Gasteiger partial charge in [-0.3, -0.25) is 4.55 Å². The van der Waals surface area contributed by atoms with Gasteiger partial charge in [-0.05, 0) is 12.8 Å². The van der Waals surface area contributed by atoms with Gasteiger partial charge in [-0.15, -0.1) is 0 Å². The summed E-state index contributed by atoms with van der Waals surface area (Å²) in [6, 6.07) is 0. The van der Waals surface area contributed by atoms with E-state index in [1.807, 2.05) is 0 Å². The Morgan fingerprint density at radius 3 is 1.47 bits per heavy atom. The van der Waals surface area contributed by atoms with E-state index in [9.17, 15) is 0 Å². The van der Waals surface area contributed by atoms with Crippen molar-refractivity contribution in [2.75, 3.05) is 13.2 Å². The molecule has 0 fully saturated rings. The molecule has 0 aliphatic carbocycles. The summed E-state index contributed by atoms with van der Waals surface area (Å²) in [5.41, 5.74) is 0. The van der Waals surface area contributed by atoms with Crippen LogP contribution in [0.5, 0.6) is 0 Å². The summed E-state index contributed by atoms with van der Waals surface area (Å²) in [7, 11) is -3.12. The number of hydrogen-bond donors (Lipinski definition) is 2. The summed E-state index contributed by atoms with van der Waals surface area (Å²) < 4.78 is 29.7. The van der Waals surface area contributed by atoms with Crippen molar-refractivity contribution in [3.8, 4) is 0 Å². The quantitative estimate of drug-likeness (QED) is 0.363. The minimum absolute atomic E-state index is 0.978. The number of ether oxygens (including phenoxy) is 1. The summed E-state index contributed by atoms with van der Waals surface area (Å²) in [6.45, 7) is 6.44. The molecule has 0 radical (unpaired) electrons. The molecule has 5 heteroatoms. The summed E-state index contributed by atoms with van der Waals surface area (Å²) in [6.07, 6.45) is 10.5. The van der Waals surface area contributed by atoms with Crippen molar-refractivity contribution >= 4 is 11.0 Å². The van der Waals surface area contributed by atoms with Crippen molar-refractivity contribution in [2.24, 2.45) is 0 Å². The molecule has 0 spiro atoms. The molecular weight excluding hydrogens is 240 g/mol. The maximum Gasteiger partial charge on any atom is 0.254 e. The topological polar surface area (TPSA) is 63.6 Å². The first-order valence-corrected chi connectivity index (χ1v) is 7.69. The molecule has 0 heterocycles. The predicted octanol–water partition coefficient (Wildman–Crippen LogP) is 3.23. The van der Waals surface area contributed by atoms with Gasteiger partial charge in [0.2, 0.25) is 0 Å². The summed E-state index contributed by atoms with van der Waals surface area (Å²) in [5.74, 6) is 0. The zero-order chi connectivity index (χ0) is 13.4. The van der Waals surface area contributed by atoms with Crippen LogP contribution in [0.15, 0.2) is 0 Å². The van der Waals surface area contributed by atoms with Crippen molar-refractivity contribution in [3.05, 3.63) is 0 Å². The van der Waals surface area contributed by atoms with Crippen molar-refractivity contribution in [2.45, 2.75) is 65.2 Å². The molecule has 0 saturated heterocycles. The Balaban J connectivity index is 0. The second kappa shape index (κ2) is 18.2. The van der Waals surface area contributed by atoms with Gasteiger partial charge in [0.1, 0.15) is 0 Å². The average molecular weight is 268 g/mol. The van der Waals surface area contributed by atoms with Crippen LogP contribution in [0, 0.1) is 0 Å². The van der Waals surface area contributed by atoms with Gasteiger partial charge in [0.05, 0.1) is 0 Å². The SMILES string of the molecule is CCCCCCOCCCCCC.O=[SH](=O)O. The van der Waals surface area contributed by atoms with Crippen LogP contribution in [0.1, 0.15) is 65.2 Å². The highest BCUT2D eigenvalue weighted by molar-refractivity contribution is 7.66. The fraction of sp³-hybridized carbons (Fsp3) is 1.00. The summed E-state index contributed by atoms with van der Waals surface area (Å²) in [5, 5.41) is 0. The highest BCUT2D eigenvalue weighted by Gasteiger charge is 1.90. The molecule has 1 N–H and O–H groups in total. The molecule has 0 aliphatic heterocycles. The molecule has 0 atom stereocenters. The monoisotopic (exact) mass is 268 g/mol. The molecular formula is C12H28O4S. The standard InChI is InChI=1S/C12H26O.H2O3S/c1-3-5-7-9-11-13-12-10-8-6-4-2;1-4(2)3/h3-12H2,1-2H3;4H,(H,1,2,3). The molecule has 0 bridgehead atoms. The van der Waals surface area contributed by atoms with E-state index in [-0.39, 0.29) is 0 Å². The fourth-order valence-electron chi connectivity index (χ4n) is 1.36. The molecule has 17 heavy (non-hydrogen) atoms. The Morgan fingerprint density at radius 1 is 0.824 bits per heavy atom. The third-order valence-electron chi connectivity index (χ3n) is 2.28. The number of unbranched alkanes of at least 4 members (excludes halogenated alkanes) is 6. The van der Waals surface area contributed by atoms with E-state index in [1.165, 1.54) is 51.4 Å². The Morgan fingerprint density at radius 2 is 1.18 bits per heavy atom. The minimum atomic E-state index is -3.12. The first-order valence-electron chi connectivity index (χ1n) is 6.56. The number of rotatable bonds is 10. The van der Waals surface area contributed by atoms with Crippen LogP contribution in [0.4, 0.5) is 0 Å². The lowest BCUT2D eigenvalue weighted by atomic mass is 10.2. The maximum absolute atomic E-state index is 8.59. The first-order chi connectivity index (χ1) is 8.15. The lowest BCUT2D eigenvalue weighted by Crippen LogP contribution is -1.96. The van der Waals surface area contributed by atoms with Crippen LogP contribution >= 0.6 is 0 Å². The van der Waals surface area contributed by atoms with E-state index in [0.717, 1.165) is 13.2 Å². The molecule has 0 aliphatic rings. The van der Waals surface area contributed by atoms with E-state index >= 15 is 0 Å². The van der Waals surface area contributed by atoms with Gasteiger partial charge >= 0.3 is 0 Å². The average Bonchev–Trinajstić information content (AvgIpc) is 2.26. The third-order valence-corrected chi connectivity index (χ3v) is 2.28. The summed E-state index contributed by atoms with van der Waals surface area (Å²) >= 11 is 0. The van der Waals surface area contributed by atoms with E-state index in [2.05, 4.69) is 13.8 Å². The Labute approximate surface area is 108 Å². The smallest absolute Gasteiger partial charge is 0.254 e. The van der Waals surface area contributed by atoms with Gasteiger partial charge in [0.15, 0.2) is 0 Å². The van der Waals surface area contributed by atoms with Crippen LogP contribution in [-0.4, -0.2) is 26.2 Å². The molecule has 0 amide bonds. The lowest BCUT2D eigenvalue weighted by Gasteiger charge is -2.03. The molecule has 0 aromatic heterocycles. The summed E-state index contributed by atoms with van der Waals surface area (Å²) in [4.78, 5) is 0. The largest absolute Gasteiger partial charge is 0.381 e.